The largest absolute Gasteiger partial charge is 0.491 e. The van der Waals surface area contributed by atoms with Crippen LogP contribution in [0.4, 0.5) is 8.78 Å². The van der Waals surface area contributed by atoms with Crippen LogP contribution in [0.5, 0.6) is 5.75 Å². The molecule has 8 nitrogen and oxygen atoms in total. The zero-order chi connectivity index (χ0) is 38.8. The summed E-state index contributed by atoms with van der Waals surface area (Å²) < 4.78 is 68.6. The summed E-state index contributed by atoms with van der Waals surface area (Å²) in [5.74, 6) is -4.33. The highest BCUT2D eigenvalue weighted by Gasteiger charge is 2.64. The monoisotopic (exact) mass is 772 g/mol. The first-order valence-corrected chi connectivity index (χ1v) is 18.3. The fraction of sp³-hybridized carbons (Fsp3) is 0.295. The van der Waals surface area contributed by atoms with Crippen molar-refractivity contribution in [2.24, 2.45) is 0 Å². The fourth-order valence-electron chi connectivity index (χ4n) is 6.81. The van der Waals surface area contributed by atoms with Crippen LogP contribution in [0.1, 0.15) is 40.3 Å². The normalized spacial score (nSPS) is 22.3. The van der Waals surface area contributed by atoms with E-state index in [9.17, 15) is 14.3 Å². The molecule has 55 heavy (non-hydrogen) atoms. The molecule has 0 bridgehead atoms. The smallest absolute Gasteiger partial charge is 0.225 e. The second-order valence-electron chi connectivity index (χ2n) is 13.2. The SMILES string of the molecule is CCOc1ccc(Cc2cc([C@]3(OC)O[C@](C=O)(CO)[C@@H](OCc4ccccc4)[C@H](OCc4ccccc4)[C@H]3OCc3ccccc3)ccc2Cl)c(F)c1F. The van der Waals surface area contributed by atoms with Crippen LogP contribution in [0.25, 0.3) is 0 Å². The number of hydrogen-bond donors (Lipinski definition) is 1. The molecule has 1 fully saturated rings. The first-order valence-electron chi connectivity index (χ1n) is 17.9. The molecular formula is C44H43ClF2O8. The van der Waals surface area contributed by atoms with Gasteiger partial charge in [0.25, 0.3) is 0 Å². The van der Waals surface area contributed by atoms with Crippen molar-refractivity contribution in [1.82, 2.24) is 0 Å². The van der Waals surface area contributed by atoms with Gasteiger partial charge in [-0.1, -0.05) is 115 Å². The van der Waals surface area contributed by atoms with Crippen molar-refractivity contribution in [3.8, 4) is 5.75 Å². The van der Waals surface area contributed by atoms with Gasteiger partial charge in [-0.25, -0.2) is 4.39 Å². The Morgan fingerprint density at radius 1 is 0.745 bits per heavy atom. The fourth-order valence-corrected chi connectivity index (χ4v) is 7.00. The minimum atomic E-state index is -2.04. The van der Waals surface area contributed by atoms with Gasteiger partial charge in [-0.2, -0.15) is 4.39 Å². The number of rotatable bonds is 17. The maximum atomic E-state index is 15.4. The van der Waals surface area contributed by atoms with Crippen LogP contribution in [0.3, 0.4) is 0 Å². The molecule has 0 saturated carbocycles. The molecule has 11 heteroatoms. The number of carbonyl (C=O) groups is 1. The molecule has 288 valence electrons. The number of halogens is 3. The predicted molar refractivity (Wildman–Crippen MR) is 202 cm³/mol. The van der Waals surface area contributed by atoms with E-state index in [4.69, 9.17) is 40.0 Å². The Morgan fingerprint density at radius 2 is 1.31 bits per heavy atom. The Labute approximate surface area is 324 Å². The van der Waals surface area contributed by atoms with E-state index in [-0.39, 0.29) is 49.2 Å². The highest BCUT2D eigenvalue weighted by molar-refractivity contribution is 6.31. The second-order valence-corrected chi connectivity index (χ2v) is 13.6. The summed E-state index contributed by atoms with van der Waals surface area (Å²) in [5.41, 5.74) is 1.18. The Balaban J connectivity index is 1.48. The highest BCUT2D eigenvalue weighted by Crippen LogP contribution is 2.48. The first kappa shape index (κ1) is 40.2. The Hall–Kier alpha value is -4.52. The van der Waals surface area contributed by atoms with Crippen LogP contribution < -0.4 is 4.74 Å². The number of aldehydes is 1. The average molecular weight is 773 g/mol. The molecule has 0 aliphatic carbocycles. The van der Waals surface area contributed by atoms with Gasteiger partial charge in [0, 0.05) is 24.1 Å². The summed E-state index contributed by atoms with van der Waals surface area (Å²) >= 11 is 6.71. The Kier molecular flexibility index (Phi) is 13.4. The quantitative estimate of drug-likeness (QED) is 0.0949. The van der Waals surface area contributed by atoms with E-state index < -0.39 is 47.9 Å². The molecule has 6 rings (SSSR count). The van der Waals surface area contributed by atoms with E-state index >= 15 is 4.39 Å². The average Bonchev–Trinajstić information content (AvgIpc) is 3.23. The standard InChI is InChI=1S/C44H43ClF2O8/c1-3-51-37-22-19-33(38(46)39(37)47)23-34-24-35(20-21-36(34)45)44(50-2)42(54-27-32-17-11-6-12-18-32)40(52-25-30-13-7-4-8-14-30)41(43(28-48,29-49)55-44)53-26-31-15-9-5-10-16-31/h4-22,24,28,40-42,49H,3,23,25-27,29H2,1-2H3/t40-,41-,42+,43+,44-/m0/s1. The number of benzene rings is 5. The molecule has 0 aromatic heterocycles. The number of hydrogen-bond acceptors (Lipinski definition) is 8. The highest BCUT2D eigenvalue weighted by atomic mass is 35.5. The molecule has 1 N–H and O–H groups in total. The number of aliphatic hydroxyl groups is 1. The van der Waals surface area contributed by atoms with Gasteiger partial charge >= 0.3 is 0 Å². The number of carbonyl (C=O) groups excluding carboxylic acids is 1. The third-order valence-electron chi connectivity index (χ3n) is 9.63. The predicted octanol–water partition coefficient (Wildman–Crippen LogP) is 8.12. The Bertz CT molecular complexity index is 2000. The van der Waals surface area contributed by atoms with E-state index in [1.807, 2.05) is 91.0 Å². The van der Waals surface area contributed by atoms with Crippen LogP contribution >= 0.6 is 11.6 Å². The molecule has 5 aromatic carbocycles. The van der Waals surface area contributed by atoms with Gasteiger partial charge in [-0.3, -0.25) is 4.79 Å². The van der Waals surface area contributed by atoms with Crippen LogP contribution in [-0.2, 0) is 60.5 Å². The summed E-state index contributed by atoms with van der Waals surface area (Å²) in [5, 5.41) is 11.4. The van der Waals surface area contributed by atoms with Crippen LogP contribution in [-0.4, -0.2) is 55.6 Å². The molecule has 1 aliphatic rings. The number of aliphatic hydroxyl groups excluding tert-OH is 1. The van der Waals surface area contributed by atoms with E-state index in [2.05, 4.69) is 0 Å². The summed E-state index contributed by atoms with van der Waals surface area (Å²) in [7, 11) is 1.39. The van der Waals surface area contributed by atoms with Crippen LogP contribution in [0.15, 0.2) is 121 Å². The number of ether oxygens (including phenoxy) is 6. The second kappa shape index (κ2) is 18.4. The van der Waals surface area contributed by atoms with Gasteiger partial charge in [0.15, 0.2) is 23.5 Å². The zero-order valence-corrected chi connectivity index (χ0v) is 31.3. The van der Waals surface area contributed by atoms with Crippen molar-refractivity contribution in [3.63, 3.8) is 0 Å². The van der Waals surface area contributed by atoms with Crippen molar-refractivity contribution >= 4 is 17.9 Å². The topological polar surface area (TPSA) is 92.7 Å². The van der Waals surface area contributed by atoms with Gasteiger partial charge in [0.1, 0.15) is 18.3 Å². The van der Waals surface area contributed by atoms with Crippen molar-refractivity contribution < 1.29 is 47.1 Å². The lowest BCUT2D eigenvalue weighted by molar-refractivity contribution is -0.401. The lowest BCUT2D eigenvalue weighted by Crippen LogP contribution is -2.72. The van der Waals surface area contributed by atoms with Gasteiger partial charge in [0.2, 0.25) is 11.6 Å². The van der Waals surface area contributed by atoms with E-state index in [0.29, 0.717) is 17.4 Å². The molecule has 0 amide bonds. The third kappa shape index (κ3) is 8.82. The molecule has 5 aromatic rings. The lowest BCUT2D eigenvalue weighted by atomic mass is 9.80. The molecule has 0 radical (unpaired) electrons. The minimum Gasteiger partial charge on any atom is -0.491 e. The number of methoxy groups -OCH3 is 1. The van der Waals surface area contributed by atoms with E-state index in [0.717, 1.165) is 16.7 Å². The van der Waals surface area contributed by atoms with Crippen LogP contribution in [0, 0.1) is 11.6 Å². The third-order valence-corrected chi connectivity index (χ3v) is 10.00. The first-order chi connectivity index (χ1) is 26.8. The van der Waals surface area contributed by atoms with Gasteiger partial charge in [-0.05, 0) is 52.9 Å². The molecule has 0 unspecified atom stereocenters. The summed E-state index contributed by atoms with van der Waals surface area (Å²) in [6, 6.07) is 35.9. The summed E-state index contributed by atoms with van der Waals surface area (Å²) in [4.78, 5) is 13.4. The Morgan fingerprint density at radius 3 is 1.84 bits per heavy atom. The van der Waals surface area contributed by atoms with Gasteiger partial charge in [0.05, 0.1) is 33.0 Å². The summed E-state index contributed by atoms with van der Waals surface area (Å²) in [6.45, 7) is 1.24. The molecule has 5 atom stereocenters. The zero-order valence-electron chi connectivity index (χ0n) is 30.5. The minimum absolute atomic E-state index is 0.0314. The van der Waals surface area contributed by atoms with Crippen molar-refractivity contribution in [2.75, 3.05) is 20.3 Å². The maximum Gasteiger partial charge on any atom is 0.225 e. The molecule has 0 spiro atoms. The molecule has 1 heterocycles. The van der Waals surface area contributed by atoms with Crippen molar-refractivity contribution in [2.45, 2.75) is 62.9 Å². The molecular weight excluding hydrogens is 730 g/mol. The summed E-state index contributed by atoms with van der Waals surface area (Å²) in [6.07, 6.45) is -3.09. The van der Waals surface area contributed by atoms with Crippen LogP contribution in [0.2, 0.25) is 5.02 Å². The van der Waals surface area contributed by atoms with E-state index in [1.165, 1.54) is 19.2 Å². The van der Waals surface area contributed by atoms with Crippen molar-refractivity contribution in [1.29, 1.82) is 0 Å². The van der Waals surface area contributed by atoms with Crippen molar-refractivity contribution in [3.05, 3.63) is 171 Å². The van der Waals surface area contributed by atoms with E-state index in [1.54, 1.807) is 25.1 Å². The molecule has 1 saturated heterocycles. The maximum absolute atomic E-state index is 15.4. The lowest BCUT2D eigenvalue weighted by Gasteiger charge is -2.55. The van der Waals surface area contributed by atoms with Gasteiger partial charge < -0.3 is 33.5 Å². The van der Waals surface area contributed by atoms with Gasteiger partial charge in [-0.15, -0.1) is 0 Å². The molecule has 1 aliphatic heterocycles.